The maximum Gasteiger partial charge on any atom is 0.224 e. The standard InChI is InChI=1S/C23H15ClN2O3/c1-29-23-16(13-28)7-8-20(26-23)19-4-2-3-18(22(19)24)17-10-15-6-5-14(12-27)9-21(15)25-11-17/h2-13H,1H3. The van der Waals surface area contributed by atoms with Gasteiger partial charge in [-0.05, 0) is 24.3 Å². The largest absolute Gasteiger partial charge is 0.480 e. The van der Waals surface area contributed by atoms with Crippen molar-refractivity contribution in [2.75, 3.05) is 7.11 Å². The zero-order valence-corrected chi connectivity index (χ0v) is 16.2. The Morgan fingerprint density at radius 1 is 0.966 bits per heavy atom. The van der Waals surface area contributed by atoms with E-state index in [4.69, 9.17) is 16.3 Å². The number of aromatic nitrogens is 2. The van der Waals surface area contributed by atoms with Gasteiger partial charge in [0.25, 0.3) is 0 Å². The fourth-order valence-electron chi connectivity index (χ4n) is 3.17. The van der Waals surface area contributed by atoms with Crippen LogP contribution in [0.25, 0.3) is 33.3 Å². The number of aldehydes is 2. The van der Waals surface area contributed by atoms with Crippen molar-refractivity contribution in [3.8, 4) is 28.3 Å². The number of carbonyl (C=O) groups is 2. The lowest BCUT2D eigenvalue weighted by molar-refractivity contribution is 0.111. The first-order valence-electron chi connectivity index (χ1n) is 8.79. The zero-order valence-electron chi connectivity index (χ0n) is 15.4. The number of benzene rings is 2. The van der Waals surface area contributed by atoms with Crippen molar-refractivity contribution < 1.29 is 14.3 Å². The van der Waals surface area contributed by atoms with Crippen LogP contribution in [0, 0.1) is 0 Å². The molecule has 0 aliphatic heterocycles. The highest BCUT2D eigenvalue weighted by atomic mass is 35.5. The van der Waals surface area contributed by atoms with Gasteiger partial charge < -0.3 is 4.74 Å². The second kappa shape index (κ2) is 7.81. The average Bonchev–Trinajstić information content (AvgIpc) is 2.78. The number of fused-ring (bicyclic) bond motifs is 1. The summed E-state index contributed by atoms with van der Waals surface area (Å²) < 4.78 is 5.20. The lowest BCUT2D eigenvalue weighted by Crippen LogP contribution is -1.96. The summed E-state index contributed by atoms with van der Waals surface area (Å²) in [5, 5.41) is 1.43. The van der Waals surface area contributed by atoms with E-state index < -0.39 is 0 Å². The molecule has 0 spiro atoms. The summed E-state index contributed by atoms with van der Waals surface area (Å²) in [6, 6.07) is 16.4. The number of methoxy groups -OCH3 is 1. The van der Waals surface area contributed by atoms with Gasteiger partial charge in [-0.1, -0.05) is 41.9 Å². The van der Waals surface area contributed by atoms with Gasteiger partial charge in [0.1, 0.15) is 6.29 Å². The van der Waals surface area contributed by atoms with Crippen molar-refractivity contribution in [1.82, 2.24) is 9.97 Å². The van der Waals surface area contributed by atoms with E-state index in [2.05, 4.69) is 9.97 Å². The van der Waals surface area contributed by atoms with Crippen LogP contribution in [0.5, 0.6) is 5.88 Å². The van der Waals surface area contributed by atoms with Gasteiger partial charge in [-0.15, -0.1) is 0 Å². The van der Waals surface area contributed by atoms with Crippen molar-refractivity contribution in [1.29, 1.82) is 0 Å². The normalized spacial score (nSPS) is 10.7. The molecule has 0 bridgehead atoms. The number of hydrogen-bond acceptors (Lipinski definition) is 5. The van der Waals surface area contributed by atoms with E-state index >= 15 is 0 Å². The lowest BCUT2D eigenvalue weighted by atomic mass is 10.0. The monoisotopic (exact) mass is 402 g/mol. The van der Waals surface area contributed by atoms with E-state index in [1.165, 1.54) is 7.11 Å². The summed E-state index contributed by atoms with van der Waals surface area (Å²) in [5.41, 5.74) is 4.66. The van der Waals surface area contributed by atoms with Gasteiger partial charge in [-0.2, -0.15) is 0 Å². The first-order valence-corrected chi connectivity index (χ1v) is 9.17. The first kappa shape index (κ1) is 18.8. The summed E-state index contributed by atoms with van der Waals surface area (Å²) in [4.78, 5) is 31.0. The summed E-state index contributed by atoms with van der Waals surface area (Å²) in [5.74, 6) is 0.248. The molecule has 2 heterocycles. The Morgan fingerprint density at radius 3 is 2.55 bits per heavy atom. The van der Waals surface area contributed by atoms with Crippen LogP contribution in [0.3, 0.4) is 0 Å². The van der Waals surface area contributed by atoms with Gasteiger partial charge in [0.2, 0.25) is 5.88 Å². The quantitative estimate of drug-likeness (QED) is 0.426. The minimum Gasteiger partial charge on any atom is -0.480 e. The maximum atomic E-state index is 11.1. The number of pyridine rings is 2. The third-order valence-electron chi connectivity index (χ3n) is 4.64. The molecule has 4 rings (SSSR count). The molecule has 0 N–H and O–H groups in total. The van der Waals surface area contributed by atoms with Gasteiger partial charge in [0.15, 0.2) is 6.29 Å². The Labute approximate surface area is 172 Å². The van der Waals surface area contributed by atoms with Crippen LogP contribution in [0.15, 0.2) is 60.8 Å². The van der Waals surface area contributed by atoms with Crippen LogP contribution in [0.2, 0.25) is 5.02 Å². The lowest BCUT2D eigenvalue weighted by Gasteiger charge is -2.11. The molecule has 0 fully saturated rings. The number of rotatable bonds is 5. The molecule has 4 aromatic rings. The fourth-order valence-corrected chi connectivity index (χ4v) is 3.50. The minimum atomic E-state index is 0.248. The molecule has 0 saturated heterocycles. The van der Waals surface area contributed by atoms with Crippen molar-refractivity contribution in [2.24, 2.45) is 0 Å². The summed E-state index contributed by atoms with van der Waals surface area (Å²) in [6.45, 7) is 0. The van der Waals surface area contributed by atoms with Crippen molar-refractivity contribution >= 4 is 35.1 Å². The van der Waals surface area contributed by atoms with Crippen LogP contribution < -0.4 is 4.74 Å². The molecule has 142 valence electrons. The van der Waals surface area contributed by atoms with E-state index in [0.717, 1.165) is 33.9 Å². The third kappa shape index (κ3) is 3.48. The summed E-state index contributed by atoms with van der Waals surface area (Å²) in [7, 11) is 1.47. The predicted octanol–water partition coefficient (Wildman–Crippen LogP) is 5.25. The summed E-state index contributed by atoms with van der Waals surface area (Å²) in [6.07, 6.45) is 3.22. The average molecular weight is 403 g/mol. The highest BCUT2D eigenvalue weighted by Crippen LogP contribution is 2.37. The first-order chi connectivity index (χ1) is 14.1. The van der Waals surface area contributed by atoms with Crippen molar-refractivity contribution in [3.05, 3.63) is 76.9 Å². The maximum absolute atomic E-state index is 11.1. The Bertz CT molecular complexity index is 1250. The molecule has 0 atom stereocenters. The SMILES string of the molecule is COc1nc(-c2cccc(-c3cnc4cc(C=O)ccc4c3)c2Cl)ccc1C=O. The van der Waals surface area contributed by atoms with Crippen LogP contribution in [-0.2, 0) is 0 Å². The van der Waals surface area contributed by atoms with Crippen LogP contribution in [-0.4, -0.2) is 29.7 Å². The van der Waals surface area contributed by atoms with Gasteiger partial charge in [0.05, 0.1) is 28.9 Å². The number of nitrogens with zero attached hydrogens (tertiary/aromatic N) is 2. The number of ether oxygens (including phenoxy) is 1. The molecule has 6 heteroatoms. The minimum absolute atomic E-state index is 0.248. The number of carbonyl (C=O) groups excluding carboxylic acids is 2. The second-order valence-corrected chi connectivity index (χ2v) is 6.75. The topological polar surface area (TPSA) is 69.2 Å². The smallest absolute Gasteiger partial charge is 0.224 e. The molecular weight excluding hydrogens is 388 g/mol. The Morgan fingerprint density at radius 2 is 1.79 bits per heavy atom. The fraction of sp³-hybridized carbons (Fsp3) is 0.0435. The number of halogens is 1. The molecule has 0 radical (unpaired) electrons. The Kier molecular flexibility index (Phi) is 5.06. The number of hydrogen-bond donors (Lipinski definition) is 0. The van der Waals surface area contributed by atoms with E-state index in [9.17, 15) is 9.59 Å². The molecule has 29 heavy (non-hydrogen) atoms. The van der Waals surface area contributed by atoms with Crippen LogP contribution in [0.1, 0.15) is 20.7 Å². The Hall–Kier alpha value is -3.57. The second-order valence-electron chi connectivity index (χ2n) is 6.37. The Balaban J connectivity index is 1.82. The van der Waals surface area contributed by atoms with Gasteiger partial charge in [-0.25, -0.2) is 4.98 Å². The van der Waals surface area contributed by atoms with Crippen LogP contribution in [0.4, 0.5) is 0 Å². The van der Waals surface area contributed by atoms with Crippen molar-refractivity contribution in [3.63, 3.8) is 0 Å². The molecular formula is C23H15ClN2O3. The molecule has 0 unspecified atom stereocenters. The van der Waals surface area contributed by atoms with E-state index in [-0.39, 0.29) is 5.88 Å². The molecule has 0 aliphatic rings. The van der Waals surface area contributed by atoms with E-state index in [1.54, 1.807) is 30.5 Å². The molecule has 0 aliphatic carbocycles. The van der Waals surface area contributed by atoms with E-state index in [1.807, 2.05) is 30.3 Å². The predicted molar refractivity (Wildman–Crippen MR) is 113 cm³/mol. The molecule has 0 amide bonds. The summed E-state index contributed by atoms with van der Waals surface area (Å²) >= 11 is 6.72. The molecule has 2 aromatic carbocycles. The molecule has 0 saturated carbocycles. The highest BCUT2D eigenvalue weighted by Gasteiger charge is 2.14. The van der Waals surface area contributed by atoms with Gasteiger partial charge in [-0.3, -0.25) is 14.6 Å². The highest BCUT2D eigenvalue weighted by molar-refractivity contribution is 6.36. The van der Waals surface area contributed by atoms with Gasteiger partial charge >= 0.3 is 0 Å². The molecule has 5 nitrogen and oxygen atoms in total. The van der Waals surface area contributed by atoms with Crippen LogP contribution >= 0.6 is 11.6 Å². The van der Waals surface area contributed by atoms with Crippen molar-refractivity contribution in [2.45, 2.75) is 0 Å². The third-order valence-corrected chi connectivity index (χ3v) is 5.05. The van der Waals surface area contributed by atoms with E-state index in [0.29, 0.717) is 28.1 Å². The zero-order chi connectivity index (χ0) is 20.4. The molecule has 2 aromatic heterocycles. The van der Waals surface area contributed by atoms with Gasteiger partial charge in [0, 0.05) is 33.8 Å².